The van der Waals surface area contributed by atoms with E-state index >= 15 is 0 Å². The summed E-state index contributed by atoms with van der Waals surface area (Å²) in [5.74, 6) is 0. The fourth-order valence-corrected chi connectivity index (χ4v) is 2.35. The second-order valence-corrected chi connectivity index (χ2v) is 4.29. The first-order chi connectivity index (χ1) is 5.68. The van der Waals surface area contributed by atoms with Crippen molar-refractivity contribution in [3.63, 3.8) is 0 Å². The van der Waals surface area contributed by atoms with Gasteiger partial charge < -0.3 is 5.73 Å². The minimum Gasteiger partial charge on any atom is -0.398 e. The Balaban J connectivity index is 2.87. The zero-order chi connectivity index (χ0) is 8.72. The van der Waals surface area contributed by atoms with Gasteiger partial charge in [-0.3, -0.25) is 0 Å². The van der Waals surface area contributed by atoms with Crippen LogP contribution in [0, 0.1) is 0 Å². The molecule has 2 N–H and O–H groups in total. The average molecular weight is 216 g/mol. The van der Waals surface area contributed by atoms with Crippen molar-refractivity contribution in [2.24, 2.45) is 0 Å². The van der Waals surface area contributed by atoms with Crippen molar-refractivity contribution < 1.29 is 0 Å². The van der Waals surface area contributed by atoms with Gasteiger partial charge in [0.1, 0.15) is 0 Å². The van der Waals surface area contributed by atoms with Crippen LogP contribution < -0.4 is 5.73 Å². The number of nitrogen functional groups attached to an aromatic ring is 1. The Morgan fingerprint density at radius 2 is 2.17 bits per heavy atom. The lowest BCUT2D eigenvalue weighted by Crippen LogP contribution is -1.80. The topological polar surface area (TPSA) is 26.0 Å². The van der Waals surface area contributed by atoms with Crippen molar-refractivity contribution in [2.45, 2.75) is 4.90 Å². The van der Waals surface area contributed by atoms with Crippen LogP contribution in [0.5, 0.6) is 0 Å². The van der Waals surface area contributed by atoms with Crippen LogP contribution in [0.2, 0.25) is 5.02 Å². The molecule has 0 radical (unpaired) electrons. The third-order valence-corrected chi connectivity index (χ3v) is 3.45. The molecule has 0 aliphatic carbocycles. The van der Waals surface area contributed by atoms with Crippen molar-refractivity contribution in [3.8, 4) is 0 Å². The number of anilines is 1. The highest BCUT2D eigenvalue weighted by Crippen LogP contribution is 2.33. The summed E-state index contributed by atoms with van der Waals surface area (Å²) in [6, 6.07) is 3.78. The Bertz CT molecular complexity index is 436. The number of fused-ring (bicyclic) bond motifs is 1. The molecule has 0 unspecified atom stereocenters. The smallest absolute Gasteiger partial charge is 0.0553 e. The van der Waals surface area contributed by atoms with E-state index in [9.17, 15) is 0 Å². The molecule has 1 aromatic carbocycles. The molecule has 0 amide bonds. The predicted octanol–water partition coefficient (Wildman–Crippen LogP) is 3.43. The zero-order valence-corrected chi connectivity index (χ0v) is 8.51. The van der Waals surface area contributed by atoms with Gasteiger partial charge in [0.05, 0.1) is 10.7 Å². The Labute approximate surface area is 84.6 Å². The lowest BCUT2D eigenvalue weighted by molar-refractivity contribution is 1.54. The molecule has 2 aromatic rings. The zero-order valence-electron chi connectivity index (χ0n) is 6.04. The normalized spacial score (nSPS) is 10.8. The molecule has 1 aromatic heterocycles. The molecule has 1 nitrogen and oxygen atoms in total. The fourth-order valence-electron chi connectivity index (χ4n) is 1.06. The molecule has 0 aliphatic heterocycles. The summed E-state index contributed by atoms with van der Waals surface area (Å²) in [7, 11) is 0. The predicted molar refractivity (Wildman–Crippen MR) is 58.5 cm³/mol. The summed E-state index contributed by atoms with van der Waals surface area (Å²) in [5.41, 5.74) is 6.52. The summed E-state index contributed by atoms with van der Waals surface area (Å²) < 4.78 is 1.11. The van der Waals surface area contributed by atoms with E-state index in [1.54, 1.807) is 11.3 Å². The van der Waals surface area contributed by atoms with Gasteiger partial charge in [-0.25, -0.2) is 0 Å². The van der Waals surface area contributed by atoms with E-state index in [1.165, 1.54) is 0 Å². The minimum absolute atomic E-state index is 0.674. The molecule has 0 aliphatic rings. The molecule has 62 valence electrons. The van der Waals surface area contributed by atoms with Crippen molar-refractivity contribution in [1.29, 1.82) is 0 Å². The number of rotatable bonds is 0. The van der Waals surface area contributed by atoms with Crippen LogP contribution in [0.3, 0.4) is 0 Å². The summed E-state index contributed by atoms with van der Waals surface area (Å²) >= 11 is 11.7. The molecule has 0 bridgehead atoms. The largest absolute Gasteiger partial charge is 0.398 e. The number of thiophene rings is 1. The van der Waals surface area contributed by atoms with Crippen molar-refractivity contribution in [3.05, 3.63) is 22.5 Å². The summed E-state index contributed by atoms with van der Waals surface area (Å²) in [5, 5.41) is 3.62. The van der Waals surface area contributed by atoms with E-state index in [2.05, 4.69) is 12.6 Å². The first kappa shape index (κ1) is 8.23. The van der Waals surface area contributed by atoms with Crippen LogP contribution in [0.15, 0.2) is 22.4 Å². The highest BCUT2D eigenvalue weighted by Gasteiger charge is 2.03. The van der Waals surface area contributed by atoms with Crippen LogP contribution >= 0.6 is 35.6 Å². The van der Waals surface area contributed by atoms with Gasteiger partial charge in [0.15, 0.2) is 0 Å². The molecule has 0 atom stereocenters. The number of hydrogen-bond donors (Lipinski definition) is 2. The third-order valence-electron chi connectivity index (χ3n) is 1.67. The maximum absolute atomic E-state index is 5.89. The lowest BCUT2D eigenvalue weighted by Gasteiger charge is -1.96. The van der Waals surface area contributed by atoms with Crippen molar-refractivity contribution in [1.82, 2.24) is 0 Å². The molecule has 12 heavy (non-hydrogen) atoms. The van der Waals surface area contributed by atoms with E-state index in [4.69, 9.17) is 17.3 Å². The van der Waals surface area contributed by atoms with E-state index in [0.717, 1.165) is 20.7 Å². The van der Waals surface area contributed by atoms with E-state index in [1.807, 2.05) is 17.5 Å². The summed E-state index contributed by atoms with van der Waals surface area (Å²) in [4.78, 5) is 0.772. The van der Waals surface area contributed by atoms with Crippen molar-refractivity contribution in [2.75, 3.05) is 5.73 Å². The molecule has 0 fully saturated rings. The van der Waals surface area contributed by atoms with E-state index in [0.29, 0.717) is 5.02 Å². The second-order valence-electron chi connectivity index (χ2n) is 2.49. The monoisotopic (exact) mass is 215 g/mol. The van der Waals surface area contributed by atoms with Crippen LogP contribution in [0.25, 0.3) is 10.1 Å². The van der Waals surface area contributed by atoms with Gasteiger partial charge in [-0.1, -0.05) is 11.6 Å². The van der Waals surface area contributed by atoms with Crippen LogP contribution in [0.1, 0.15) is 0 Å². The molecule has 0 spiro atoms. The summed E-state index contributed by atoms with van der Waals surface area (Å²) in [6.07, 6.45) is 0. The van der Waals surface area contributed by atoms with Gasteiger partial charge in [-0.05, 0) is 12.1 Å². The molecular weight excluding hydrogens is 210 g/mol. The van der Waals surface area contributed by atoms with E-state index < -0.39 is 0 Å². The second kappa shape index (κ2) is 2.83. The molecular formula is C8H6ClNS2. The van der Waals surface area contributed by atoms with Gasteiger partial charge in [-0.15, -0.1) is 24.0 Å². The average Bonchev–Trinajstić information content (AvgIpc) is 2.35. The van der Waals surface area contributed by atoms with Gasteiger partial charge in [-0.2, -0.15) is 0 Å². The number of halogens is 1. The Kier molecular flexibility index (Phi) is 1.94. The third kappa shape index (κ3) is 1.18. The maximum Gasteiger partial charge on any atom is 0.0553 e. The van der Waals surface area contributed by atoms with Gasteiger partial charge in [0, 0.05) is 20.4 Å². The van der Waals surface area contributed by atoms with Crippen LogP contribution in [0.4, 0.5) is 5.69 Å². The SMILES string of the molecule is Nc1csc2cc(Cl)c(S)cc12. The van der Waals surface area contributed by atoms with E-state index in [-0.39, 0.29) is 0 Å². The lowest BCUT2D eigenvalue weighted by atomic mass is 10.2. The van der Waals surface area contributed by atoms with Crippen molar-refractivity contribution >= 4 is 51.3 Å². The van der Waals surface area contributed by atoms with Crippen LogP contribution in [-0.2, 0) is 0 Å². The van der Waals surface area contributed by atoms with Gasteiger partial charge in [0.25, 0.3) is 0 Å². The first-order valence-corrected chi connectivity index (χ1v) is 5.04. The fraction of sp³-hybridized carbons (Fsp3) is 0. The quantitative estimate of drug-likeness (QED) is 0.647. The molecule has 2 rings (SSSR count). The highest BCUT2D eigenvalue weighted by atomic mass is 35.5. The number of hydrogen-bond acceptors (Lipinski definition) is 3. The number of thiol groups is 1. The minimum atomic E-state index is 0.674. The Morgan fingerprint density at radius 3 is 2.92 bits per heavy atom. The van der Waals surface area contributed by atoms with Gasteiger partial charge >= 0.3 is 0 Å². The van der Waals surface area contributed by atoms with Gasteiger partial charge in [0.2, 0.25) is 0 Å². The molecule has 4 heteroatoms. The maximum atomic E-state index is 5.89. The Morgan fingerprint density at radius 1 is 1.42 bits per heavy atom. The number of benzene rings is 1. The Hall–Kier alpha value is -0.380. The highest BCUT2D eigenvalue weighted by molar-refractivity contribution is 7.80. The van der Waals surface area contributed by atoms with Crippen LogP contribution in [-0.4, -0.2) is 0 Å². The molecule has 1 heterocycles. The molecule has 0 saturated heterocycles. The standard InChI is InChI=1S/C8H6ClNS2/c9-5-2-8-4(1-7(5)11)6(10)3-12-8/h1-3,11H,10H2. The molecule has 0 saturated carbocycles. The first-order valence-electron chi connectivity index (χ1n) is 3.33. The number of nitrogens with two attached hydrogens (primary N) is 1. The summed E-state index contributed by atoms with van der Waals surface area (Å²) in [6.45, 7) is 0.